The van der Waals surface area contributed by atoms with Crippen molar-refractivity contribution in [2.75, 3.05) is 0 Å². The summed E-state index contributed by atoms with van der Waals surface area (Å²) in [6, 6.07) is 3.50. The first-order valence-electron chi connectivity index (χ1n) is 3.53. The predicted octanol–water partition coefficient (Wildman–Crippen LogP) is 2.32. The van der Waals surface area contributed by atoms with E-state index in [0.717, 1.165) is 23.7 Å². The molecule has 1 aromatic carbocycles. The Morgan fingerprint density at radius 2 is 1.93 bits per heavy atom. The van der Waals surface area contributed by atoms with E-state index in [4.69, 9.17) is 0 Å². The summed E-state index contributed by atoms with van der Waals surface area (Å²) in [6.07, 6.45) is -4.54. The zero-order valence-corrected chi connectivity index (χ0v) is 6.73. The lowest BCUT2D eigenvalue weighted by molar-refractivity contribution is -0.137. The van der Waals surface area contributed by atoms with Gasteiger partial charge in [0.2, 0.25) is 0 Å². The van der Waals surface area contributed by atoms with Crippen LogP contribution >= 0.6 is 0 Å². The largest absolute Gasteiger partial charge is 0.416 e. The highest BCUT2D eigenvalue weighted by molar-refractivity contribution is 5.93. The fraction of sp³-hybridized carbons (Fsp3) is 0.125. The third kappa shape index (κ3) is 2.21. The maximum absolute atomic E-state index is 12.1. The number of alkyl halides is 3. The van der Waals surface area contributed by atoms with Crippen LogP contribution in [0.15, 0.2) is 24.3 Å². The van der Waals surface area contributed by atoms with Gasteiger partial charge in [0.25, 0.3) is 5.91 Å². The van der Waals surface area contributed by atoms with E-state index in [2.05, 4.69) is 0 Å². The van der Waals surface area contributed by atoms with Gasteiger partial charge in [0.05, 0.1) is 5.56 Å². The Hall–Kier alpha value is -1.59. The molecule has 14 heavy (non-hydrogen) atoms. The van der Waals surface area contributed by atoms with E-state index in [9.17, 15) is 22.4 Å². The summed E-state index contributed by atoms with van der Waals surface area (Å²) in [5.41, 5.74) is -0.607. The fourth-order valence-corrected chi connectivity index (χ4v) is 0.891. The average Bonchev–Trinajstić information content (AvgIpc) is 2.15. The van der Waals surface area contributed by atoms with Crippen LogP contribution in [0.4, 0.5) is 17.7 Å². The van der Waals surface area contributed by atoms with Crippen LogP contribution in [0.3, 0.4) is 0 Å². The van der Waals surface area contributed by atoms with Crippen molar-refractivity contribution in [3.63, 3.8) is 0 Å². The second-order valence-corrected chi connectivity index (χ2v) is 2.50. The van der Waals surface area contributed by atoms with Gasteiger partial charge in [0, 0.05) is 5.56 Å². The predicted molar refractivity (Wildman–Crippen MR) is 40.0 cm³/mol. The zero-order valence-electron chi connectivity index (χ0n) is 6.73. The van der Waals surface area contributed by atoms with Crippen molar-refractivity contribution in [2.24, 2.45) is 0 Å². The standard InChI is InChI=1S/C8H5F4NO/c9-8(10,11)6-3-1-2-5(4-6)7(14)13-12/h1-4H,(H,13,14). The van der Waals surface area contributed by atoms with Gasteiger partial charge in [-0.2, -0.15) is 18.7 Å². The van der Waals surface area contributed by atoms with Crippen molar-refractivity contribution in [3.8, 4) is 0 Å². The molecule has 0 bridgehead atoms. The van der Waals surface area contributed by atoms with Crippen molar-refractivity contribution in [3.05, 3.63) is 35.4 Å². The Balaban J connectivity index is 3.08. The number of hydrogen-bond acceptors (Lipinski definition) is 1. The van der Waals surface area contributed by atoms with Crippen LogP contribution in [-0.4, -0.2) is 5.91 Å². The lowest BCUT2D eigenvalue weighted by Crippen LogP contribution is -2.15. The molecule has 0 spiro atoms. The third-order valence-electron chi connectivity index (χ3n) is 1.54. The molecule has 0 unspecified atom stereocenters. The summed E-state index contributed by atoms with van der Waals surface area (Å²) >= 11 is 0. The van der Waals surface area contributed by atoms with Gasteiger partial charge in [-0.3, -0.25) is 4.79 Å². The van der Waals surface area contributed by atoms with E-state index in [1.807, 2.05) is 0 Å². The topological polar surface area (TPSA) is 29.1 Å². The number of rotatable bonds is 1. The fourth-order valence-electron chi connectivity index (χ4n) is 0.891. The molecule has 0 fully saturated rings. The lowest BCUT2D eigenvalue weighted by atomic mass is 10.1. The number of benzene rings is 1. The van der Waals surface area contributed by atoms with Gasteiger partial charge < -0.3 is 0 Å². The molecular weight excluding hydrogens is 202 g/mol. The van der Waals surface area contributed by atoms with E-state index in [1.165, 1.54) is 0 Å². The molecule has 1 aromatic rings. The minimum Gasteiger partial charge on any atom is -0.267 e. The lowest BCUT2D eigenvalue weighted by Gasteiger charge is -2.06. The number of carbonyl (C=O) groups is 1. The van der Waals surface area contributed by atoms with E-state index < -0.39 is 17.6 Å². The van der Waals surface area contributed by atoms with E-state index in [1.54, 1.807) is 0 Å². The maximum atomic E-state index is 12.1. The Bertz CT molecular complexity index is 347. The number of hydrogen-bond donors (Lipinski definition) is 1. The van der Waals surface area contributed by atoms with Crippen molar-refractivity contribution in [1.29, 1.82) is 0 Å². The molecule has 1 N–H and O–H groups in total. The highest BCUT2D eigenvalue weighted by Crippen LogP contribution is 2.29. The van der Waals surface area contributed by atoms with Gasteiger partial charge in [0.15, 0.2) is 0 Å². The molecule has 6 heteroatoms. The summed E-state index contributed by atoms with van der Waals surface area (Å²) in [5, 5.41) is 0. The van der Waals surface area contributed by atoms with Crippen LogP contribution in [0.1, 0.15) is 15.9 Å². The smallest absolute Gasteiger partial charge is 0.267 e. The summed E-state index contributed by atoms with van der Waals surface area (Å²) in [6.45, 7) is 0. The van der Waals surface area contributed by atoms with Gasteiger partial charge in [-0.05, 0) is 18.2 Å². The molecule has 0 aromatic heterocycles. The molecule has 0 radical (unpaired) electrons. The normalized spacial score (nSPS) is 11.1. The summed E-state index contributed by atoms with van der Waals surface area (Å²) in [7, 11) is 0. The summed E-state index contributed by atoms with van der Waals surface area (Å²) in [4.78, 5) is 10.6. The van der Waals surface area contributed by atoms with E-state index in [0.29, 0.717) is 6.07 Å². The van der Waals surface area contributed by atoms with Gasteiger partial charge in [-0.25, -0.2) is 0 Å². The first-order chi connectivity index (χ1) is 6.45. The molecule has 0 atom stereocenters. The highest BCUT2D eigenvalue weighted by atomic mass is 19.4. The molecule has 0 aliphatic heterocycles. The molecule has 0 saturated heterocycles. The molecule has 0 saturated carbocycles. The van der Waals surface area contributed by atoms with Crippen LogP contribution in [0.2, 0.25) is 0 Å². The Morgan fingerprint density at radius 3 is 2.43 bits per heavy atom. The first kappa shape index (κ1) is 10.5. The van der Waals surface area contributed by atoms with Crippen LogP contribution < -0.4 is 5.54 Å². The second-order valence-electron chi connectivity index (χ2n) is 2.50. The number of carbonyl (C=O) groups excluding carboxylic acids is 1. The molecule has 2 nitrogen and oxygen atoms in total. The second kappa shape index (κ2) is 3.65. The van der Waals surface area contributed by atoms with Gasteiger partial charge >= 0.3 is 6.18 Å². The van der Waals surface area contributed by atoms with Gasteiger partial charge in [-0.15, -0.1) is 0 Å². The van der Waals surface area contributed by atoms with E-state index >= 15 is 0 Å². The van der Waals surface area contributed by atoms with Gasteiger partial charge in [-0.1, -0.05) is 10.5 Å². The minimum absolute atomic E-state index is 0.373. The minimum atomic E-state index is -4.54. The van der Waals surface area contributed by atoms with Crippen molar-refractivity contribution in [2.45, 2.75) is 6.18 Å². The molecule has 76 valence electrons. The summed E-state index contributed by atoms with van der Waals surface area (Å²) < 4.78 is 47.9. The van der Waals surface area contributed by atoms with E-state index in [-0.39, 0.29) is 5.56 Å². The molecule has 0 heterocycles. The Kier molecular flexibility index (Phi) is 2.73. The van der Waals surface area contributed by atoms with Crippen LogP contribution in [0.25, 0.3) is 0 Å². The monoisotopic (exact) mass is 207 g/mol. The van der Waals surface area contributed by atoms with Crippen molar-refractivity contribution < 1.29 is 22.4 Å². The number of amides is 1. The third-order valence-corrected chi connectivity index (χ3v) is 1.54. The molecule has 0 aliphatic carbocycles. The van der Waals surface area contributed by atoms with Gasteiger partial charge in [0.1, 0.15) is 0 Å². The van der Waals surface area contributed by atoms with Crippen LogP contribution in [0, 0.1) is 0 Å². The number of halogens is 4. The average molecular weight is 207 g/mol. The van der Waals surface area contributed by atoms with Crippen LogP contribution in [-0.2, 0) is 6.18 Å². The number of nitrogens with one attached hydrogen (secondary N) is 1. The van der Waals surface area contributed by atoms with Crippen LogP contribution in [0.5, 0.6) is 0 Å². The zero-order chi connectivity index (χ0) is 10.8. The SMILES string of the molecule is O=C(NF)c1cccc(C(F)(F)F)c1. The molecular formula is C8H5F4NO. The quantitative estimate of drug-likeness (QED) is 0.555. The highest BCUT2D eigenvalue weighted by Gasteiger charge is 2.30. The Morgan fingerprint density at radius 1 is 1.29 bits per heavy atom. The Labute approximate surface area is 76.5 Å². The maximum Gasteiger partial charge on any atom is 0.416 e. The first-order valence-corrected chi connectivity index (χ1v) is 3.53. The summed E-state index contributed by atoms with van der Waals surface area (Å²) in [5.74, 6) is -1.20. The van der Waals surface area contributed by atoms with Crippen molar-refractivity contribution >= 4 is 5.91 Å². The molecule has 0 aliphatic rings. The van der Waals surface area contributed by atoms with Crippen molar-refractivity contribution in [1.82, 2.24) is 5.54 Å². The molecule has 1 rings (SSSR count). The molecule has 1 amide bonds.